The van der Waals surface area contributed by atoms with Gasteiger partial charge in [0.25, 0.3) is 0 Å². The lowest BCUT2D eigenvalue weighted by Crippen LogP contribution is -1.97. The second-order valence-corrected chi connectivity index (χ2v) is 6.78. The molecule has 0 aliphatic rings. The van der Waals surface area contributed by atoms with E-state index in [9.17, 15) is 0 Å². The molecule has 0 saturated carbocycles. The Balaban J connectivity index is -0.00000155. The SMILES string of the molecule is C.C=C\C(C)=C(CC/C(P)=C\C)/C(CC)=C(C=C)/C=C(/P)CC.CC. The molecule has 0 aromatic carbocycles. The molecule has 0 amide bonds. The Morgan fingerprint density at radius 2 is 1.44 bits per heavy atom. The monoisotopic (exact) mass is 380 g/mol. The van der Waals surface area contributed by atoms with Gasteiger partial charge in [0.15, 0.2) is 0 Å². The van der Waals surface area contributed by atoms with Crippen molar-refractivity contribution in [3.63, 3.8) is 0 Å². The molecule has 0 aliphatic carbocycles. The van der Waals surface area contributed by atoms with Crippen molar-refractivity contribution in [1.29, 1.82) is 0 Å². The Morgan fingerprint density at radius 1 is 0.880 bits per heavy atom. The maximum absolute atomic E-state index is 4.02. The molecule has 0 N–H and O–H groups in total. The number of rotatable bonds is 9. The van der Waals surface area contributed by atoms with E-state index in [2.05, 4.69) is 71.5 Å². The molecule has 0 heterocycles. The second-order valence-electron chi connectivity index (χ2n) is 5.29. The lowest BCUT2D eigenvalue weighted by molar-refractivity contribution is 0.925. The van der Waals surface area contributed by atoms with Crippen molar-refractivity contribution >= 4 is 18.5 Å². The minimum absolute atomic E-state index is 0. The van der Waals surface area contributed by atoms with E-state index >= 15 is 0 Å². The number of hydrogen-bond acceptors (Lipinski definition) is 0. The summed E-state index contributed by atoms with van der Waals surface area (Å²) in [4.78, 5) is 0. The summed E-state index contributed by atoms with van der Waals surface area (Å²) in [6.45, 7) is 20.6. The molecule has 2 heteroatoms. The van der Waals surface area contributed by atoms with Crippen LogP contribution >= 0.6 is 18.5 Å². The van der Waals surface area contributed by atoms with E-state index < -0.39 is 0 Å². The van der Waals surface area contributed by atoms with Crippen LogP contribution in [0, 0.1) is 0 Å². The van der Waals surface area contributed by atoms with Crippen LogP contribution in [-0.4, -0.2) is 0 Å². The van der Waals surface area contributed by atoms with Crippen molar-refractivity contribution in [2.75, 3.05) is 0 Å². The molecule has 0 aromatic heterocycles. The summed E-state index contributed by atoms with van der Waals surface area (Å²) in [5, 5.41) is 2.65. The van der Waals surface area contributed by atoms with Crippen LogP contribution in [0.4, 0.5) is 0 Å². The topological polar surface area (TPSA) is 0 Å². The smallest absolute Gasteiger partial charge is 0.0225 e. The fourth-order valence-electron chi connectivity index (χ4n) is 2.29. The highest BCUT2D eigenvalue weighted by Gasteiger charge is 2.10. The predicted octanol–water partition coefficient (Wildman–Crippen LogP) is 8.77. The fraction of sp³-hybridized carbons (Fsp3) is 0.478. The van der Waals surface area contributed by atoms with E-state index in [4.69, 9.17) is 0 Å². The molecule has 0 spiro atoms. The van der Waals surface area contributed by atoms with Gasteiger partial charge in [0.05, 0.1) is 0 Å². The van der Waals surface area contributed by atoms with E-state index in [1.807, 2.05) is 26.0 Å². The third kappa shape index (κ3) is 11.5. The molecular formula is C23H42P2. The minimum atomic E-state index is 0. The highest BCUT2D eigenvalue weighted by Crippen LogP contribution is 2.31. The average molecular weight is 381 g/mol. The van der Waals surface area contributed by atoms with Gasteiger partial charge in [-0.15, -0.1) is 18.5 Å². The van der Waals surface area contributed by atoms with E-state index in [0.29, 0.717) is 0 Å². The van der Waals surface area contributed by atoms with Gasteiger partial charge >= 0.3 is 0 Å². The van der Waals surface area contributed by atoms with Gasteiger partial charge in [-0.1, -0.05) is 83.2 Å². The Hall–Kier alpha value is -0.700. The maximum atomic E-state index is 4.02. The molecule has 0 nitrogen and oxygen atoms in total. The highest BCUT2D eigenvalue weighted by atomic mass is 31.0. The van der Waals surface area contributed by atoms with Crippen LogP contribution in [0.3, 0.4) is 0 Å². The number of hydrogen-bond donors (Lipinski definition) is 0. The first kappa shape index (κ1) is 29.1. The fourth-order valence-corrected chi connectivity index (χ4v) is 2.61. The Labute approximate surface area is 163 Å². The van der Waals surface area contributed by atoms with Crippen molar-refractivity contribution < 1.29 is 0 Å². The molecule has 0 saturated heterocycles. The summed E-state index contributed by atoms with van der Waals surface area (Å²) in [7, 11) is 5.65. The van der Waals surface area contributed by atoms with E-state index in [1.54, 1.807) is 0 Å². The van der Waals surface area contributed by atoms with Crippen LogP contribution in [0.2, 0.25) is 0 Å². The molecule has 0 rings (SSSR count). The van der Waals surface area contributed by atoms with Gasteiger partial charge in [-0.05, 0) is 61.8 Å². The first-order chi connectivity index (χ1) is 11.4. The standard InChI is InChI=1S/C20H32P2.C2H6.CH4/c1-7-15(6)20(13-12-17(21)9-3)19(11-5)16(8-2)14-18(22)10-4;1-2;/h7-9,14H,1-2,10-13,21-22H2,3-6H3;1-2H3;1H4/b17-9+,18-14+,19-16+,20-15-;;. The lowest BCUT2D eigenvalue weighted by atomic mass is 9.90. The van der Waals surface area contributed by atoms with E-state index in [0.717, 1.165) is 25.7 Å². The van der Waals surface area contributed by atoms with E-state index in [1.165, 1.54) is 32.9 Å². The maximum Gasteiger partial charge on any atom is -0.0225 e. The van der Waals surface area contributed by atoms with Crippen LogP contribution < -0.4 is 0 Å². The first-order valence-corrected chi connectivity index (χ1v) is 10.1. The van der Waals surface area contributed by atoms with Gasteiger partial charge in [0.2, 0.25) is 0 Å². The van der Waals surface area contributed by atoms with Crippen molar-refractivity contribution in [1.82, 2.24) is 0 Å². The summed E-state index contributed by atoms with van der Waals surface area (Å²) in [5.74, 6) is 0. The number of allylic oxidation sites excluding steroid dienone is 10. The molecule has 2 unspecified atom stereocenters. The predicted molar refractivity (Wildman–Crippen MR) is 129 cm³/mol. The molecular weight excluding hydrogens is 338 g/mol. The molecule has 0 fully saturated rings. The summed E-state index contributed by atoms with van der Waals surface area (Å²) in [5.41, 5.74) is 5.28. The van der Waals surface area contributed by atoms with E-state index in [-0.39, 0.29) is 7.43 Å². The van der Waals surface area contributed by atoms with Crippen LogP contribution in [0.1, 0.15) is 74.7 Å². The van der Waals surface area contributed by atoms with Crippen molar-refractivity contribution in [3.05, 3.63) is 70.4 Å². The minimum Gasteiger partial charge on any atom is -0.110 e. The van der Waals surface area contributed by atoms with Gasteiger partial charge < -0.3 is 0 Å². The van der Waals surface area contributed by atoms with Crippen LogP contribution in [0.5, 0.6) is 0 Å². The van der Waals surface area contributed by atoms with Crippen LogP contribution in [-0.2, 0) is 0 Å². The van der Waals surface area contributed by atoms with Crippen molar-refractivity contribution in [2.24, 2.45) is 0 Å². The van der Waals surface area contributed by atoms with Gasteiger partial charge in [-0.25, -0.2) is 0 Å². The second kappa shape index (κ2) is 18.1. The zero-order chi connectivity index (χ0) is 19.1. The third-order valence-electron chi connectivity index (χ3n) is 3.85. The highest BCUT2D eigenvalue weighted by molar-refractivity contribution is 7.22. The quantitative estimate of drug-likeness (QED) is 0.277. The van der Waals surface area contributed by atoms with Crippen LogP contribution in [0.25, 0.3) is 0 Å². The normalized spacial score (nSPS) is 13.6. The average Bonchev–Trinajstić information content (AvgIpc) is 2.63. The largest absolute Gasteiger partial charge is 0.110 e. The summed E-state index contributed by atoms with van der Waals surface area (Å²) >= 11 is 0. The summed E-state index contributed by atoms with van der Waals surface area (Å²) in [6, 6.07) is 0. The van der Waals surface area contributed by atoms with Crippen molar-refractivity contribution in [2.45, 2.75) is 74.7 Å². The first-order valence-electron chi connectivity index (χ1n) is 8.99. The molecule has 25 heavy (non-hydrogen) atoms. The zero-order valence-corrected chi connectivity index (χ0v) is 19.0. The molecule has 144 valence electrons. The summed E-state index contributed by atoms with van der Waals surface area (Å²) in [6.07, 6.45) is 12.5. The van der Waals surface area contributed by atoms with Gasteiger partial charge in [-0.2, -0.15) is 0 Å². The van der Waals surface area contributed by atoms with Gasteiger partial charge in [0.1, 0.15) is 0 Å². The zero-order valence-electron chi connectivity index (χ0n) is 16.7. The molecule has 2 atom stereocenters. The van der Waals surface area contributed by atoms with Crippen molar-refractivity contribution in [3.8, 4) is 0 Å². The van der Waals surface area contributed by atoms with Gasteiger partial charge in [0, 0.05) is 0 Å². The lowest BCUT2D eigenvalue weighted by Gasteiger charge is -2.17. The molecule has 0 aromatic rings. The Bertz CT molecular complexity index is 514. The van der Waals surface area contributed by atoms with Gasteiger partial charge in [-0.3, -0.25) is 0 Å². The summed E-state index contributed by atoms with van der Waals surface area (Å²) < 4.78 is 0. The Kier molecular flexibility index (Phi) is 21.1. The molecule has 0 bridgehead atoms. The Morgan fingerprint density at radius 3 is 1.80 bits per heavy atom. The molecule has 0 aliphatic heterocycles. The van der Waals surface area contributed by atoms with Crippen LogP contribution in [0.15, 0.2) is 70.4 Å². The molecule has 0 radical (unpaired) electrons. The third-order valence-corrected chi connectivity index (χ3v) is 5.05.